The number of aromatic nitrogens is 4. The van der Waals surface area contributed by atoms with Gasteiger partial charge in [-0.05, 0) is 19.9 Å². The molecule has 0 fully saturated rings. The fourth-order valence-electron chi connectivity index (χ4n) is 1.72. The summed E-state index contributed by atoms with van der Waals surface area (Å²) in [4.78, 5) is 19.2. The maximum atomic E-state index is 5.46. The summed E-state index contributed by atoms with van der Waals surface area (Å²) in [5, 5.41) is 3.11. The van der Waals surface area contributed by atoms with Gasteiger partial charge in [0, 0.05) is 32.4 Å². The van der Waals surface area contributed by atoms with Crippen molar-refractivity contribution in [3.63, 3.8) is 0 Å². The molecule has 0 aliphatic carbocycles. The van der Waals surface area contributed by atoms with Crippen LogP contribution in [-0.4, -0.2) is 47.2 Å². The Morgan fingerprint density at radius 1 is 1.14 bits per heavy atom. The Hall–Kier alpha value is -2.44. The van der Waals surface area contributed by atoms with Crippen molar-refractivity contribution in [3.05, 3.63) is 18.5 Å². The topological polar surface area (TPSA) is 76.1 Å². The lowest BCUT2D eigenvalue weighted by Crippen LogP contribution is -2.16. The van der Waals surface area contributed by atoms with Crippen LogP contribution >= 0.6 is 0 Å². The maximum Gasteiger partial charge on any atom is 0.230 e. The largest absolute Gasteiger partial charge is 0.492 e. The zero-order valence-electron chi connectivity index (χ0n) is 12.8. The Morgan fingerprint density at radius 3 is 2.62 bits per heavy atom. The molecule has 0 saturated carbocycles. The molecule has 0 aliphatic heterocycles. The molecule has 7 nitrogen and oxygen atoms in total. The number of ether oxygens (including phenoxy) is 1. The summed E-state index contributed by atoms with van der Waals surface area (Å²) >= 11 is 0. The van der Waals surface area contributed by atoms with E-state index in [1.54, 1.807) is 12.4 Å². The van der Waals surface area contributed by atoms with Gasteiger partial charge >= 0.3 is 0 Å². The second-order valence-corrected chi connectivity index (χ2v) is 4.55. The van der Waals surface area contributed by atoms with Crippen LogP contribution in [0, 0.1) is 0 Å². The summed E-state index contributed by atoms with van der Waals surface area (Å²) in [7, 11) is 3.79. The third-order valence-corrected chi connectivity index (χ3v) is 2.64. The normalized spacial score (nSPS) is 10.3. The van der Waals surface area contributed by atoms with Gasteiger partial charge < -0.3 is 15.0 Å². The predicted octanol–water partition coefficient (Wildman–Crippen LogP) is 1.83. The number of anilines is 2. The van der Waals surface area contributed by atoms with Crippen molar-refractivity contribution in [2.24, 2.45) is 0 Å². The van der Waals surface area contributed by atoms with E-state index in [0.29, 0.717) is 30.1 Å². The van der Waals surface area contributed by atoms with E-state index >= 15 is 0 Å². The molecule has 0 saturated heterocycles. The molecule has 7 heteroatoms. The van der Waals surface area contributed by atoms with Crippen LogP contribution in [0.5, 0.6) is 5.75 Å². The van der Waals surface area contributed by atoms with Gasteiger partial charge in [-0.2, -0.15) is 15.0 Å². The second kappa shape index (κ2) is 6.83. The minimum Gasteiger partial charge on any atom is -0.492 e. The third-order valence-electron chi connectivity index (χ3n) is 2.64. The molecule has 0 unspecified atom stereocenters. The van der Waals surface area contributed by atoms with Crippen LogP contribution in [0.15, 0.2) is 18.5 Å². The summed E-state index contributed by atoms with van der Waals surface area (Å²) in [6.45, 7) is 5.26. The van der Waals surface area contributed by atoms with Crippen LogP contribution in [-0.2, 0) is 0 Å². The second-order valence-electron chi connectivity index (χ2n) is 4.55. The zero-order valence-corrected chi connectivity index (χ0v) is 12.8. The van der Waals surface area contributed by atoms with Crippen molar-refractivity contribution in [1.29, 1.82) is 0 Å². The minimum atomic E-state index is 0.549. The number of nitrogens with one attached hydrogen (secondary N) is 1. The third kappa shape index (κ3) is 3.77. The molecular formula is C14H20N6O. The molecule has 0 spiro atoms. The fourth-order valence-corrected chi connectivity index (χ4v) is 1.72. The summed E-state index contributed by atoms with van der Waals surface area (Å²) in [5.41, 5.74) is 0.797. The van der Waals surface area contributed by atoms with Crippen LogP contribution in [0.1, 0.15) is 13.8 Å². The molecule has 0 aromatic carbocycles. The molecular weight excluding hydrogens is 268 g/mol. The van der Waals surface area contributed by atoms with E-state index in [9.17, 15) is 0 Å². The molecule has 1 N–H and O–H groups in total. The Labute approximate surface area is 124 Å². The summed E-state index contributed by atoms with van der Waals surface area (Å²) in [6.07, 6.45) is 3.39. The van der Waals surface area contributed by atoms with Crippen molar-refractivity contribution in [3.8, 4) is 17.1 Å². The van der Waals surface area contributed by atoms with Gasteiger partial charge in [-0.3, -0.25) is 4.98 Å². The van der Waals surface area contributed by atoms with Gasteiger partial charge in [-0.1, -0.05) is 0 Å². The molecule has 112 valence electrons. The first-order chi connectivity index (χ1) is 10.1. The summed E-state index contributed by atoms with van der Waals surface area (Å²) in [6, 6.07) is 1.88. The molecule has 2 heterocycles. The number of pyridine rings is 1. The SMILES string of the molecule is CCNc1nc(-c2cncc(OCC)c2)nc(N(C)C)n1. The summed E-state index contributed by atoms with van der Waals surface area (Å²) < 4.78 is 5.46. The number of nitrogens with zero attached hydrogens (tertiary/aromatic N) is 5. The quantitative estimate of drug-likeness (QED) is 0.869. The standard InChI is InChI=1S/C14H20N6O/c1-5-16-13-17-12(18-14(19-13)20(3)4)10-7-11(21-6-2)9-15-8-10/h7-9H,5-6H2,1-4H3,(H,16,17,18,19). The molecule has 0 atom stereocenters. The minimum absolute atomic E-state index is 0.549. The van der Waals surface area contributed by atoms with Crippen molar-refractivity contribution in [2.45, 2.75) is 13.8 Å². The molecule has 2 rings (SSSR count). The molecule has 0 radical (unpaired) electrons. The van der Waals surface area contributed by atoms with Crippen LogP contribution in [0.2, 0.25) is 0 Å². The number of rotatable bonds is 6. The Bertz CT molecular complexity index is 602. The molecule has 2 aromatic heterocycles. The average molecular weight is 288 g/mol. The first kappa shape index (κ1) is 15.0. The van der Waals surface area contributed by atoms with Crippen LogP contribution < -0.4 is 15.0 Å². The van der Waals surface area contributed by atoms with Crippen LogP contribution in [0.4, 0.5) is 11.9 Å². The van der Waals surface area contributed by atoms with E-state index in [4.69, 9.17) is 4.74 Å². The summed E-state index contributed by atoms with van der Waals surface area (Å²) in [5.74, 6) is 2.41. The lowest BCUT2D eigenvalue weighted by molar-refractivity contribution is 0.339. The Morgan fingerprint density at radius 2 is 1.95 bits per heavy atom. The van der Waals surface area contributed by atoms with E-state index in [1.165, 1.54) is 0 Å². The van der Waals surface area contributed by atoms with Crippen molar-refractivity contribution in [2.75, 3.05) is 37.5 Å². The maximum absolute atomic E-state index is 5.46. The highest BCUT2D eigenvalue weighted by atomic mass is 16.5. The van der Waals surface area contributed by atoms with Gasteiger partial charge in [0.25, 0.3) is 0 Å². The van der Waals surface area contributed by atoms with Gasteiger partial charge in [0.1, 0.15) is 5.75 Å². The lowest BCUT2D eigenvalue weighted by Gasteiger charge is -2.13. The number of hydrogen-bond donors (Lipinski definition) is 1. The van der Waals surface area contributed by atoms with E-state index in [-0.39, 0.29) is 0 Å². The Balaban J connectivity index is 2.44. The Kier molecular flexibility index (Phi) is 4.86. The van der Waals surface area contributed by atoms with Gasteiger partial charge in [0.15, 0.2) is 5.82 Å². The average Bonchev–Trinajstić information content (AvgIpc) is 2.48. The van der Waals surface area contributed by atoms with Crippen molar-refractivity contribution < 1.29 is 4.74 Å². The highest BCUT2D eigenvalue weighted by Gasteiger charge is 2.10. The first-order valence-corrected chi connectivity index (χ1v) is 6.89. The van der Waals surface area contributed by atoms with Gasteiger partial charge in [-0.25, -0.2) is 0 Å². The predicted molar refractivity (Wildman–Crippen MR) is 82.7 cm³/mol. The highest BCUT2D eigenvalue weighted by molar-refractivity contribution is 5.58. The molecule has 0 bridgehead atoms. The van der Waals surface area contributed by atoms with Gasteiger partial charge in [-0.15, -0.1) is 0 Å². The van der Waals surface area contributed by atoms with E-state index in [0.717, 1.165) is 12.1 Å². The number of hydrogen-bond acceptors (Lipinski definition) is 7. The molecule has 21 heavy (non-hydrogen) atoms. The monoisotopic (exact) mass is 288 g/mol. The van der Waals surface area contributed by atoms with Crippen LogP contribution in [0.25, 0.3) is 11.4 Å². The van der Waals surface area contributed by atoms with Crippen molar-refractivity contribution >= 4 is 11.9 Å². The van der Waals surface area contributed by atoms with Crippen molar-refractivity contribution in [1.82, 2.24) is 19.9 Å². The van der Waals surface area contributed by atoms with Crippen LogP contribution in [0.3, 0.4) is 0 Å². The molecule has 0 amide bonds. The van der Waals surface area contributed by atoms with E-state index < -0.39 is 0 Å². The molecule has 2 aromatic rings. The van der Waals surface area contributed by atoms with E-state index in [1.807, 2.05) is 38.9 Å². The molecule has 0 aliphatic rings. The van der Waals surface area contributed by atoms with Gasteiger partial charge in [0.2, 0.25) is 11.9 Å². The van der Waals surface area contributed by atoms with E-state index in [2.05, 4.69) is 25.3 Å². The lowest BCUT2D eigenvalue weighted by atomic mass is 10.2. The zero-order chi connectivity index (χ0) is 15.2. The smallest absolute Gasteiger partial charge is 0.230 e. The first-order valence-electron chi connectivity index (χ1n) is 6.89. The highest BCUT2D eigenvalue weighted by Crippen LogP contribution is 2.22. The fraction of sp³-hybridized carbons (Fsp3) is 0.429. The van der Waals surface area contributed by atoms with Gasteiger partial charge in [0.05, 0.1) is 12.8 Å².